The molecule has 7 nitrogen and oxygen atoms in total. The molecule has 3 fully saturated rings. The number of amides is 2. The average molecular weight is 440 g/mol. The number of nitrogens with zero attached hydrogens (tertiary/aromatic N) is 3. The summed E-state index contributed by atoms with van der Waals surface area (Å²) in [6.45, 7) is 6.44. The molecule has 2 aliphatic heterocycles. The third kappa shape index (κ3) is 5.49. The SMILES string of the molecule is CCC1CCNC1C(=O)NC(C=NC)Cc1ccc(N2CCN(C(=O)C3CC3)CC2)cc1. The van der Waals surface area contributed by atoms with Crippen molar-refractivity contribution in [1.29, 1.82) is 0 Å². The van der Waals surface area contributed by atoms with Gasteiger partial charge in [0.25, 0.3) is 0 Å². The zero-order chi connectivity index (χ0) is 22.5. The molecule has 174 valence electrons. The molecule has 0 bridgehead atoms. The Morgan fingerprint density at radius 2 is 1.88 bits per heavy atom. The number of carbonyl (C=O) groups excluding carboxylic acids is 2. The molecule has 3 unspecified atom stereocenters. The van der Waals surface area contributed by atoms with Crippen molar-refractivity contribution in [3.8, 4) is 0 Å². The minimum absolute atomic E-state index is 0.0782. The van der Waals surface area contributed by atoms with Crippen molar-refractivity contribution in [2.45, 2.75) is 51.1 Å². The lowest BCUT2D eigenvalue weighted by Gasteiger charge is -2.36. The molecule has 4 rings (SSSR count). The first-order valence-corrected chi connectivity index (χ1v) is 12.2. The number of hydrogen-bond donors (Lipinski definition) is 2. The average Bonchev–Trinajstić information content (AvgIpc) is 3.55. The van der Waals surface area contributed by atoms with E-state index in [1.165, 1.54) is 11.3 Å². The summed E-state index contributed by atoms with van der Waals surface area (Å²) in [5.74, 6) is 1.14. The molecule has 1 saturated carbocycles. The summed E-state index contributed by atoms with van der Waals surface area (Å²) in [6.07, 6.45) is 6.77. The van der Waals surface area contributed by atoms with E-state index >= 15 is 0 Å². The van der Waals surface area contributed by atoms with Crippen LogP contribution in [0, 0.1) is 11.8 Å². The molecular weight excluding hydrogens is 402 g/mol. The van der Waals surface area contributed by atoms with E-state index in [2.05, 4.69) is 51.7 Å². The lowest BCUT2D eigenvalue weighted by Crippen LogP contribution is -2.49. The van der Waals surface area contributed by atoms with Crippen molar-refractivity contribution in [2.75, 3.05) is 44.7 Å². The van der Waals surface area contributed by atoms with Crippen LogP contribution in [0.25, 0.3) is 0 Å². The quantitative estimate of drug-likeness (QED) is 0.606. The molecule has 0 aromatic heterocycles. The van der Waals surface area contributed by atoms with Crippen LogP contribution in [-0.2, 0) is 16.0 Å². The number of anilines is 1. The summed E-state index contributed by atoms with van der Waals surface area (Å²) in [4.78, 5) is 33.6. The lowest BCUT2D eigenvalue weighted by atomic mass is 9.96. The third-order valence-electron chi connectivity index (χ3n) is 7.09. The summed E-state index contributed by atoms with van der Waals surface area (Å²) in [5.41, 5.74) is 2.37. The first kappa shape index (κ1) is 22.8. The van der Waals surface area contributed by atoms with E-state index in [0.717, 1.165) is 64.8 Å². The highest BCUT2D eigenvalue weighted by atomic mass is 16.2. The first-order chi connectivity index (χ1) is 15.6. The van der Waals surface area contributed by atoms with Crippen LogP contribution >= 0.6 is 0 Å². The maximum Gasteiger partial charge on any atom is 0.237 e. The summed E-state index contributed by atoms with van der Waals surface area (Å²) >= 11 is 0. The number of hydrogen-bond acceptors (Lipinski definition) is 5. The topological polar surface area (TPSA) is 77.0 Å². The molecule has 0 radical (unpaired) electrons. The largest absolute Gasteiger partial charge is 0.368 e. The van der Waals surface area contributed by atoms with Crippen molar-refractivity contribution in [3.05, 3.63) is 29.8 Å². The number of carbonyl (C=O) groups is 2. The molecule has 2 heterocycles. The van der Waals surface area contributed by atoms with Gasteiger partial charge in [-0.25, -0.2) is 0 Å². The van der Waals surface area contributed by atoms with Gasteiger partial charge in [-0.15, -0.1) is 0 Å². The van der Waals surface area contributed by atoms with E-state index in [0.29, 0.717) is 17.7 Å². The number of rotatable bonds is 8. The minimum atomic E-state index is -0.116. The highest BCUT2D eigenvalue weighted by Gasteiger charge is 2.35. The van der Waals surface area contributed by atoms with Gasteiger partial charge in [0.1, 0.15) is 0 Å². The Balaban J connectivity index is 1.30. The summed E-state index contributed by atoms with van der Waals surface area (Å²) < 4.78 is 0. The van der Waals surface area contributed by atoms with E-state index in [9.17, 15) is 9.59 Å². The van der Waals surface area contributed by atoms with E-state index in [1.807, 2.05) is 11.1 Å². The standard InChI is InChI=1S/C25H37N5O2/c1-3-19-10-11-27-23(19)24(31)28-21(17-26-2)16-18-4-8-22(9-5-18)29-12-14-30(15-13-29)25(32)20-6-7-20/h4-5,8-9,17,19-21,23,27H,3,6-7,10-16H2,1-2H3,(H,28,31). The van der Waals surface area contributed by atoms with Crippen LogP contribution in [0.1, 0.15) is 38.2 Å². The van der Waals surface area contributed by atoms with Crippen LogP contribution in [-0.4, -0.2) is 74.8 Å². The molecule has 2 amide bonds. The van der Waals surface area contributed by atoms with Crippen LogP contribution in [0.2, 0.25) is 0 Å². The van der Waals surface area contributed by atoms with Crippen LogP contribution in [0.3, 0.4) is 0 Å². The zero-order valence-corrected chi connectivity index (χ0v) is 19.4. The highest BCUT2D eigenvalue weighted by Crippen LogP contribution is 2.31. The van der Waals surface area contributed by atoms with Gasteiger partial charge in [0.2, 0.25) is 11.8 Å². The molecule has 2 saturated heterocycles. The Morgan fingerprint density at radius 3 is 2.50 bits per heavy atom. The molecule has 32 heavy (non-hydrogen) atoms. The molecule has 2 N–H and O–H groups in total. The van der Waals surface area contributed by atoms with Crippen LogP contribution in [0.4, 0.5) is 5.69 Å². The minimum Gasteiger partial charge on any atom is -0.368 e. The second kappa shape index (κ2) is 10.5. The Kier molecular flexibility index (Phi) is 7.45. The molecule has 3 atom stereocenters. The maximum absolute atomic E-state index is 12.8. The summed E-state index contributed by atoms with van der Waals surface area (Å²) in [7, 11) is 1.75. The Morgan fingerprint density at radius 1 is 1.16 bits per heavy atom. The molecule has 1 aliphatic carbocycles. The van der Waals surface area contributed by atoms with E-state index < -0.39 is 0 Å². The molecule has 3 aliphatic rings. The number of nitrogens with one attached hydrogen (secondary N) is 2. The smallest absolute Gasteiger partial charge is 0.237 e. The van der Waals surface area contributed by atoms with Crippen LogP contribution in [0.5, 0.6) is 0 Å². The molecule has 1 aromatic rings. The molecule has 1 aromatic carbocycles. The number of aliphatic imine (C=N–C) groups is 1. The molecular formula is C25H37N5O2. The normalized spacial score (nSPS) is 24.7. The second-order valence-corrected chi connectivity index (χ2v) is 9.37. The monoisotopic (exact) mass is 439 g/mol. The van der Waals surface area contributed by atoms with Gasteiger partial charge in [-0.2, -0.15) is 0 Å². The van der Waals surface area contributed by atoms with Crippen molar-refractivity contribution in [1.82, 2.24) is 15.5 Å². The van der Waals surface area contributed by atoms with Crippen molar-refractivity contribution < 1.29 is 9.59 Å². The van der Waals surface area contributed by atoms with Gasteiger partial charge in [-0.1, -0.05) is 25.5 Å². The van der Waals surface area contributed by atoms with Gasteiger partial charge >= 0.3 is 0 Å². The predicted molar refractivity (Wildman–Crippen MR) is 128 cm³/mol. The molecule has 7 heteroatoms. The maximum atomic E-state index is 12.8. The van der Waals surface area contributed by atoms with Crippen molar-refractivity contribution in [3.63, 3.8) is 0 Å². The van der Waals surface area contributed by atoms with Gasteiger partial charge in [-0.05, 0) is 55.8 Å². The summed E-state index contributed by atoms with van der Waals surface area (Å²) in [6, 6.07) is 8.38. The zero-order valence-electron chi connectivity index (χ0n) is 19.4. The van der Waals surface area contributed by atoms with E-state index in [-0.39, 0.29) is 18.0 Å². The fraction of sp³-hybridized carbons (Fsp3) is 0.640. The van der Waals surface area contributed by atoms with Gasteiger partial charge < -0.3 is 20.4 Å². The third-order valence-corrected chi connectivity index (χ3v) is 7.09. The molecule has 0 spiro atoms. The van der Waals surface area contributed by atoms with Crippen molar-refractivity contribution >= 4 is 23.7 Å². The highest BCUT2D eigenvalue weighted by molar-refractivity contribution is 5.85. The summed E-state index contributed by atoms with van der Waals surface area (Å²) in [5, 5.41) is 6.53. The van der Waals surface area contributed by atoms with Gasteiger partial charge in [0.15, 0.2) is 0 Å². The Labute approximate surface area is 191 Å². The van der Waals surface area contributed by atoms with Crippen LogP contribution < -0.4 is 15.5 Å². The van der Waals surface area contributed by atoms with Gasteiger partial charge in [-0.3, -0.25) is 14.6 Å². The van der Waals surface area contributed by atoms with E-state index in [4.69, 9.17) is 0 Å². The second-order valence-electron chi connectivity index (χ2n) is 9.37. The fourth-order valence-electron chi connectivity index (χ4n) is 4.97. The van der Waals surface area contributed by atoms with E-state index in [1.54, 1.807) is 7.05 Å². The van der Waals surface area contributed by atoms with Crippen molar-refractivity contribution in [2.24, 2.45) is 16.8 Å². The predicted octanol–water partition coefficient (Wildman–Crippen LogP) is 1.86. The fourth-order valence-corrected chi connectivity index (χ4v) is 4.97. The Bertz CT molecular complexity index is 812. The number of piperazine rings is 1. The Hall–Kier alpha value is -2.41. The van der Waals surface area contributed by atoms with Gasteiger partial charge in [0, 0.05) is 51.0 Å². The van der Waals surface area contributed by atoms with Crippen LogP contribution in [0.15, 0.2) is 29.3 Å². The number of benzene rings is 1. The lowest BCUT2D eigenvalue weighted by molar-refractivity contribution is -0.132. The van der Waals surface area contributed by atoms with Gasteiger partial charge in [0.05, 0.1) is 12.1 Å². The first-order valence-electron chi connectivity index (χ1n) is 12.2.